The SMILES string of the molecule is O=C(Nc1ccc(C(O)CCN2CCOCC2)cc1)C1CCCO1. The lowest BCUT2D eigenvalue weighted by Gasteiger charge is -2.27. The molecule has 6 heteroatoms. The molecule has 1 amide bonds. The molecule has 2 aliphatic rings. The fourth-order valence-electron chi connectivity index (χ4n) is 3.09. The van der Waals surface area contributed by atoms with Crippen molar-refractivity contribution in [2.24, 2.45) is 0 Å². The van der Waals surface area contributed by atoms with Gasteiger partial charge in [0, 0.05) is 31.9 Å². The topological polar surface area (TPSA) is 71.0 Å². The molecule has 24 heavy (non-hydrogen) atoms. The summed E-state index contributed by atoms with van der Waals surface area (Å²) in [5.41, 5.74) is 1.61. The van der Waals surface area contributed by atoms with Gasteiger partial charge in [0.2, 0.25) is 0 Å². The van der Waals surface area contributed by atoms with Crippen molar-refractivity contribution >= 4 is 11.6 Å². The number of hydrogen-bond acceptors (Lipinski definition) is 5. The van der Waals surface area contributed by atoms with Crippen molar-refractivity contribution in [3.05, 3.63) is 29.8 Å². The van der Waals surface area contributed by atoms with Crippen LogP contribution in [-0.2, 0) is 14.3 Å². The van der Waals surface area contributed by atoms with Crippen LogP contribution in [0, 0.1) is 0 Å². The van der Waals surface area contributed by atoms with Gasteiger partial charge in [-0.15, -0.1) is 0 Å². The number of carbonyl (C=O) groups excluding carboxylic acids is 1. The van der Waals surface area contributed by atoms with Gasteiger partial charge in [-0.25, -0.2) is 0 Å². The number of rotatable bonds is 6. The third kappa shape index (κ3) is 4.77. The number of nitrogens with zero attached hydrogens (tertiary/aromatic N) is 1. The molecule has 0 aromatic heterocycles. The highest BCUT2D eigenvalue weighted by molar-refractivity contribution is 5.94. The van der Waals surface area contributed by atoms with Crippen molar-refractivity contribution in [2.45, 2.75) is 31.5 Å². The van der Waals surface area contributed by atoms with E-state index in [-0.39, 0.29) is 12.0 Å². The van der Waals surface area contributed by atoms with Crippen LogP contribution < -0.4 is 5.32 Å². The van der Waals surface area contributed by atoms with Gasteiger partial charge in [0.05, 0.1) is 19.3 Å². The maximum atomic E-state index is 12.0. The molecule has 2 atom stereocenters. The third-order valence-electron chi connectivity index (χ3n) is 4.61. The van der Waals surface area contributed by atoms with Crippen LogP contribution in [0.25, 0.3) is 0 Å². The summed E-state index contributed by atoms with van der Waals surface area (Å²) >= 11 is 0. The molecule has 132 valence electrons. The number of aliphatic hydroxyl groups is 1. The van der Waals surface area contributed by atoms with Gasteiger partial charge in [-0.05, 0) is 37.0 Å². The quantitative estimate of drug-likeness (QED) is 0.826. The Morgan fingerprint density at radius 3 is 2.67 bits per heavy atom. The summed E-state index contributed by atoms with van der Waals surface area (Å²) < 4.78 is 10.7. The van der Waals surface area contributed by atoms with E-state index in [4.69, 9.17) is 9.47 Å². The Balaban J connectivity index is 1.46. The summed E-state index contributed by atoms with van der Waals surface area (Å²) in [4.78, 5) is 14.3. The Morgan fingerprint density at radius 1 is 1.25 bits per heavy atom. The first kappa shape index (κ1) is 17.4. The number of anilines is 1. The van der Waals surface area contributed by atoms with Crippen molar-refractivity contribution in [1.82, 2.24) is 4.90 Å². The van der Waals surface area contributed by atoms with E-state index < -0.39 is 6.10 Å². The lowest BCUT2D eigenvalue weighted by atomic mass is 10.1. The highest BCUT2D eigenvalue weighted by atomic mass is 16.5. The summed E-state index contributed by atoms with van der Waals surface area (Å²) in [6.45, 7) is 4.93. The lowest BCUT2D eigenvalue weighted by molar-refractivity contribution is -0.124. The van der Waals surface area contributed by atoms with E-state index in [1.54, 1.807) is 0 Å². The fraction of sp³-hybridized carbons (Fsp3) is 0.611. The van der Waals surface area contributed by atoms with E-state index in [9.17, 15) is 9.90 Å². The van der Waals surface area contributed by atoms with Gasteiger partial charge in [0.25, 0.3) is 5.91 Å². The molecule has 2 aliphatic heterocycles. The van der Waals surface area contributed by atoms with Crippen LogP contribution in [0.15, 0.2) is 24.3 Å². The van der Waals surface area contributed by atoms with Gasteiger partial charge in [-0.2, -0.15) is 0 Å². The molecular formula is C18H26N2O4. The zero-order valence-electron chi connectivity index (χ0n) is 13.9. The van der Waals surface area contributed by atoms with E-state index in [0.29, 0.717) is 13.0 Å². The van der Waals surface area contributed by atoms with E-state index in [0.717, 1.165) is 56.9 Å². The predicted molar refractivity (Wildman–Crippen MR) is 90.9 cm³/mol. The normalized spacial score (nSPS) is 23.1. The largest absolute Gasteiger partial charge is 0.388 e. The maximum Gasteiger partial charge on any atom is 0.253 e. The molecule has 0 aliphatic carbocycles. The molecule has 0 spiro atoms. The zero-order valence-corrected chi connectivity index (χ0v) is 13.9. The average molecular weight is 334 g/mol. The molecular weight excluding hydrogens is 308 g/mol. The Morgan fingerprint density at radius 2 is 2.00 bits per heavy atom. The number of morpholine rings is 1. The monoisotopic (exact) mass is 334 g/mol. The third-order valence-corrected chi connectivity index (χ3v) is 4.61. The molecule has 2 saturated heterocycles. The molecule has 3 rings (SSSR count). The number of benzene rings is 1. The maximum absolute atomic E-state index is 12.0. The first-order valence-corrected chi connectivity index (χ1v) is 8.73. The van der Waals surface area contributed by atoms with E-state index in [1.807, 2.05) is 24.3 Å². The summed E-state index contributed by atoms with van der Waals surface area (Å²) in [6, 6.07) is 7.41. The van der Waals surface area contributed by atoms with E-state index in [1.165, 1.54) is 0 Å². The average Bonchev–Trinajstić information content (AvgIpc) is 3.16. The molecule has 1 aromatic rings. The molecule has 2 fully saturated rings. The van der Waals surface area contributed by atoms with Crippen LogP contribution >= 0.6 is 0 Å². The van der Waals surface area contributed by atoms with Crippen molar-refractivity contribution in [3.8, 4) is 0 Å². The summed E-state index contributed by atoms with van der Waals surface area (Å²) in [5, 5.41) is 13.2. The zero-order chi connectivity index (χ0) is 16.8. The minimum absolute atomic E-state index is 0.0897. The van der Waals surface area contributed by atoms with Gasteiger partial charge < -0.3 is 19.9 Å². The highest BCUT2D eigenvalue weighted by Crippen LogP contribution is 2.21. The summed E-state index contributed by atoms with van der Waals surface area (Å²) in [7, 11) is 0. The minimum Gasteiger partial charge on any atom is -0.388 e. The molecule has 6 nitrogen and oxygen atoms in total. The lowest BCUT2D eigenvalue weighted by Crippen LogP contribution is -2.37. The Hall–Kier alpha value is -1.47. The molecule has 1 aromatic carbocycles. The van der Waals surface area contributed by atoms with Crippen LogP contribution in [-0.4, -0.2) is 61.5 Å². The predicted octanol–water partition coefficient (Wildman–Crippen LogP) is 1.56. The van der Waals surface area contributed by atoms with Gasteiger partial charge in [-0.1, -0.05) is 12.1 Å². The summed E-state index contributed by atoms with van der Waals surface area (Å²) in [5.74, 6) is -0.0897. The number of amides is 1. The van der Waals surface area contributed by atoms with Crippen LogP contribution in [0.1, 0.15) is 30.9 Å². The van der Waals surface area contributed by atoms with Gasteiger partial charge in [-0.3, -0.25) is 9.69 Å². The number of ether oxygens (including phenoxy) is 2. The smallest absolute Gasteiger partial charge is 0.253 e. The molecule has 0 saturated carbocycles. The van der Waals surface area contributed by atoms with Crippen molar-refractivity contribution in [2.75, 3.05) is 44.8 Å². The van der Waals surface area contributed by atoms with Crippen LogP contribution in [0.5, 0.6) is 0 Å². The van der Waals surface area contributed by atoms with E-state index in [2.05, 4.69) is 10.2 Å². The molecule has 0 radical (unpaired) electrons. The van der Waals surface area contributed by atoms with E-state index >= 15 is 0 Å². The first-order chi connectivity index (χ1) is 11.7. The van der Waals surface area contributed by atoms with Gasteiger partial charge in [0.15, 0.2) is 0 Å². The summed E-state index contributed by atoms with van der Waals surface area (Å²) in [6.07, 6.45) is 1.59. The van der Waals surface area contributed by atoms with Crippen molar-refractivity contribution in [3.63, 3.8) is 0 Å². The second-order valence-corrected chi connectivity index (χ2v) is 6.37. The minimum atomic E-state index is -0.490. The number of nitrogens with one attached hydrogen (secondary N) is 1. The molecule has 2 N–H and O–H groups in total. The van der Waals surface area contributed by atoms with Crippen LogP contribution in [0.4, 0.5) is 5.69 Å². The second kappa shape index (κ2) is 8.58. The standard InChI is InChI=1S/C18H26N2O4/c21-16(7-8-20-9-12-23-13-10-20)14-3-5-15(6-4-14)19-18(22)17-2-1-11-24-17/h3-6,16-17,21H,1-2,7-13H2,(H,19,22). The van der Waals surface area contributed by atoms with Crippen LogP contribution in [0.2, 0.25) is 0 Å². The Kier molecular flexibility index (Phi) is 6.20. The first-order valence-electron chi connectivity index (χ1n) is 8.73. The second-order valence-electron chi connectivity index (χ2n) is 6.37. The van der Waals surface area contributed by atoms with Gasteiger partial charge in [0.1, 0.15) is 6.10 Å². The molecule has 0 bridgehead atoms. The van der Waals surface area contributed by atoms with Crippen LogP contribution in [0.3, 0.4) is 0 Å². The number of carbonyl (C=O) groups is 1. The van der Waals surface area contributed by atoms with Gasteiger partial charge >= 0.3 is 0 Å². The highest BCUT2D eigenvalue weighted by Gasteiger charge is 2.23. The Bertz CT molecular complexity index is 522. The molecule has 2 heterocycles. The van der Waals surface area contributed by atoms with Crippen molar-refractivity contribution < 1.29 is 19.4 Å². The number of hydrogen-bond donors (Lipinski definition) is 2. The Labute approximate surface area is 142 Å². The fourth-order valence-corrected chi connectivity index (χ4v) is 3.09. The molecule has 2 unspecified atom stereocenters. The number of aliphatic hydroxyl groups excluding tert-OH is 1. The van der Waals surface area contributed by atoms with Crippen molar-refractivity contribution in [1.29, 1.82) is 0 Å².